The molecular weight excluding hydrogens is 404 g/mol. The quantitative estimate of drug-likeness (QED) is 0.681. The molecule has 0 radical (unpaired) electrons. The Hall–Kier alpha value is -3.03. The van der Waals surface area contributed by atoms with Gasteiger partial charge in [0.1, 0.15) is 6.04 Å². The third-order valence-corrected chi connectivity index (χ3v) is 6.70. The van der Waals surface area contributed by atoms with Gasteiger partial charge in [0, 0.05) is 50.7 Å². The monoisotopic (exact) mass is 432 g/mol. The van der Waals surface area contributed by atoms with E-state index >= 15 is 0 Å². The first-order valence-electron chi connectivity index (χ1n) is 11.3. The summed E-state index contributed by atoms with van der Waals surface area (Å²) in [5.74, 6) is -0.759. The molecular formula is C25H28N4O3. The second-order valence-electron chi connectivity index (χ2n) is 8.98. The number of fused-ring (bicyclic) bond motifs is 1. The highest BCUT2D eigenvalue weighted by atomic mass is 16.2. The highest BCUT2D eigenvalue weighted by Gasteiger charge is 2.39. The van der Waals surface area contributed by atoms with Crippen LogP contribution >= 0.6 is 0 Å². The van der Waals surface area contributed by atoms with Gasteiger partial charge >= 0.3 is 0 Å². The molecule has 3 amide bonds. The van der Waals surface area contributed by atoms with Gasteiger partial charge in [-0.15, -0.1) is 0 Å². The van der Waals surface area contributed by atoms with Gasteiger partial charge in [-0.1, -0.05) is 42.5 Å². The zero-order valence-corrected chi connectivity index (χ0v) is 18.0. The fourth-order valence-corrected chi connectivity index (χ4v) is 4.98. The van der Waals surface area contributed by atoms with Crippen LogP contribution < -0.4 is 10.6 Å². The van der Waals surface area contributed by atoms with Crippen molar-refractivity contribution in [1.82, 2.24) is 20.4 Å². The number of nitrogens with one attached hydrogen (secondary N) is 2. The first kappa shape index (κ1) is 20.8. The molecule has 2 aromatic rings. The molecule has 2 atom stereocenters. The summed E-state index contributed by atoms with van der Waals surface area (Å²) < 4.78 is 0. The van der Waals surface area contributed by atoms with Crippen LogP contribution in [-0.2, 0) is 29.2 Å². The maximum absolute atomic E-state index is 12.8. The standard InChI is InChI=1S/C25H28N4O3/c30-23-9-8-22(24(31)27-23)29-15-19-12-18(6-7-21(19)25(29)32)13-26-20-10-11-28(16-20)14-17-4-2-1-3-5-17/h1-7,12,20,22,26H,8-11,13-16H2,(H,27,30,31). The molecule has 0 bridgehead atoms. The number of likely N-dealkylation sites (tertiary alicyclic amines) is 1. The van der Waals surface area contributed by atoms with Gasteiger partial charge in [-0.2, -0.15) is 0 Å². The molecule has 0 aliphatic carbocycles. The van der Waals surface area contributed by atoms with E-state index in [-0.39, 0.29) is 24.1 Å². The van der Waals surface area contributed by atoms with Crippen molar-refractivity contribution in [3.63, 3.8) is 0 Å². The van der Waals surface area contributed by atoms with Crippen LogP contribution in [-0.4, -0.2) is 52.7 Å². The predicted molar refractivity (Wildman–Crippen MR) is 119 cm³/mol. The number of piperidine rings is 1. The second kappa shape index (κ2) is 8.84. The summed E-state index contributed by atoms with van der Waals surface area (Å²) in [6, 6.07) is 16.4. The minimum Gasteiger partial charge on any atom is -0.322 e. The molecule has 0 aromatic heterocycles. The Labute approximate surface area is 187 Å². The van der Waals surface area contributed by atoms with Crippen LogP contribution in [0.25, 0.3) is 0 Å². The van der Waals surface area contributed by atoms with Crippen LogP contribution in [0, 0.1) is 0 Å². The van der Waals surface area contributed by atoms with Crippen LogP contribution in [0.5, 0.6) is 0 Å². The molecule has 166 valence electrons. The van der Waals surface area contributed by atoms with Crippen molar-refractivity contribution in [3.8, 4) is 0 Å². The Bertz CT molecular complexity index is 1040. The fraction of sp³-hybridized carbons (Fsp3) is 0.400. The third kappa shape index (κ3) is 4.31. The molecule has 5 rings (SSSR count). The van der Waals surface area contributed by atoms with Gasteiger partial charge in [0.2, 0.25) is 11.8 Å². The molecule has 2 aromatic carbocycles. The summed E-state index contributed by atoms with van der Waals surface area (Å²) in [6.45, 7) is 4.27. The largest absolute Gasteiger partial charge is 0.322 e. The summed E-state index contributed by atoms with van der Waals surface area (Å²) in [4.78, 5) is 40.5. The number of rotatable bonds is 6. The van der Waals surface area contributed by atoms with E-state index in [4.69, 9.17) is 0 Å². The summed E-state index contributed by atoms with van der Waals surface area (Å²) >= 11 is 0. The van der Waals surface area contributed by atoms with E-state index in [0.717, 1.165) is 43.7 Å². The molecule has 7 heteroatoms. The van der Waals surface area contributed by atoms with Crippen molar-refractivity contribution in [2.45, 2.75) is 51.0 Å². The fourth-order valence-electron chi connectivity index (χ4n) is 4.98. The van der Waals surface area contributed by atoms with Crippen molar-refractivity contribution in [2.24, 2.45) is 0 Å². The molecule has 3 aliphatic rings. The molecule has 3 aliphatic heterocycles. The van der Waals surface area contributed by atoms with Crippen LogP contribution in [0.15, 0.2) is 48.5 Å². The predicted octanol–water partition coefficient (Wildman–Crippen LogP) is 1.81. The van der Waals surface area contributed by atoms with Crippen molar-refractivity contribution in [1.29, 1.82) is 0 Å². The highest BCUT2D eigenvalue weighted by molar-refractivity contribution is 6.05. The molecule has 0 spiro atoms. The number of carbonyl (C=O) groups is 3. The number of hydrogen-bond donors (Lipinski definition) is 2. The number of hydrogen-bond acceptors (Lipinski definition) is 5. The molecule has 2 fully saturated rings. The number of benzene rings is 2. The normalized spacial score (nSPS) is 23.5. The molecule has 0 saturated carbocycles. The van der Waals surface area contributed by atoms with E-state index in [0.29, 0.717) is 24.6 Å². The van der Waals surface area contributed by atoms with Gasteiger partial charge < -0.3 is 10.2 Å². The van der Waals surface area contributed by atoms with Gasteiger partial charge in [-0.25, -0.2) is 0 Å². The Morgan fingerprint density at radius 1 is 1.00 bits per heavy atom. The van der Waals surface area contributed by atoms with E-state index in [1.165, 1.54) is 5.56 Å². The Kier molecular flexibility index (Phi) is 5.76. The average molecular weight is 433 g/mol. The van der Waals surface area contributed by atoms with Gasteiger partial charge in [-0.05, 0) is 35.6 Å². The van der Waals surface area contributed by atoms with Gasteiger partial charge in [0.25, 0.3) is 5.91 Å². The highest BCUT2D eigenvalue weighted by Crippen LogP contribution is 2.28. The van der Waals surface area contributed by atoms with E-state index in [1.54, 1.807) is 4.90 Å². The minimum absolute atomic E-state index is 0.124. The lowest BCUT2D eigenvalue weighted by Crippen LogP contribution is -2.52. The maximum atomic E-state index is 12.8. The molecule has 2 N–H and O–H groups in total. The molecule has 7 nitrogen and oxygen atoms in total. The van der Waals surface area contributed by atoms with E-state index in [1.807, 2.05) is 18.2 Å². The van der Waals surface area contributed by atoms with E-state index in [2.05, 4.69) is 45.9 Å². The summed E-state index contributed by atoms with van der Waals surface area (Å²) in [6.07, 6.45) is 1.79. The first-order valence-corrected chi connectivity index (χ1v) is 11.3. The lowest BCUT2D eigenvalue weighted by molar-refractivity contribution is -0.136. The van der Waals surface area contributed by atoms with Crippen molar-refractivity contribution in [2.75, 3.05) is 13.1 Å². The maximum Gasteiger partial charge on any atom is 0.255 e. The minimum atomic E-state index is -0.566. The number of carbonyl (C=O) groups excluding carboxylic acids is 3. The zero-order chi connectivity index (χ0) is 22.1. The van der Waals surface area contributed by atoms with Crippen molar-refractivity contribution < 1.29 is 14.4 Å². The van der Waals surface area contributed by atoms with Crippen LogP contribution in [0.4, 0.5) is 0 Å². The zero-order valence-electron chi connectivity index (χ0n) is 18.0. The molecule has 2 saturated heterocycles. The third-order valence-electron chi connectivity index (χ3n) is 6.70. The summed E-state index contributed by atoms with van der Waals surface area (Å²) in [7, 11) is 0. The topological polar surface area (TPSA) is 81.8 Å². The number of amides is 3. The molecule has 2 unspecified atom stereocenters. The summed E-state index contributed by atoms with van der Waals surface area (Å²) in [5.41, 5.74) is 4.10. The lowest BCUT2D eigenvalue weighted by atomic mass is 10.0. The Balaban J connectivity index is 1.16. The average Bonchev–Trinajstić information content (AvgIpc) is 3.37. The Morgan fingerprint density at radius 2 is 1.84 bits per heavy atom. The van der Waals surface area contributed by atoms with Gasteiger partial charge in [0.15, 0.2) is 0 Å². The van der Waals surface area contributed by atoms with Crippen molar-refractivity contribution >= 4 is 17.7 Å². The van der Waals surface area contributed by atoms with Crippen molar-refractivity contribution in [3.05, 3.63) is 70.8 Å². The van der Waals surface area contributed by atoms with Crippen LogP contribution in [0.3, 0.4) is 0 Å². The second-order valence-corrected chi connectivity index (χ2v) is 8.98. The molecule has 3 heterocycles. The van der Waals surface area contributed by atoms with E-state index < -0.39 is 6.04 Å². The van der Waals surface area contributed by atoms with Crippen LogP contribution in [0.2, 0.25) is 0 Å². The number of nitrogens with zero attached hydrogens (tertiary/aromatic N) is 2. The SMILES string of the molecule is O=C1CCC(N2Cc3cc(CNC4CCN(Cc5ccccc5)C4)ccc3C2=O)C(=O)N1. The van der Waals surface area contributed by atoms with Crippen LogP contribution in [0.1, 0.15) is 46.3 Å². The Morgan fingerprint density at radius 3 is 2.66 bits per heavy atom. The van der Waals surface area contributed by atoms with Gasteiger partial charge in [-0.3, -0.25) is 24.6 Å². The van der Waals surface area contributed by atoms with E-state index in [9.17, 15) is 14.4 Å². The van der Waals surface area contributed by atoms with Gasteiger partial charge in [0.05, 0.1) is 0 Å². The smallest absolute Gasteiger partial charge is 0.255 e. The first-order chi connectivity index (χ1) is 15.6. The summed E-state index contributed by atoms with van der Waals surface area (Å²) in [5, 5.41) is 6.01. The number of imide groups is 1. The molecule has 32 heavy (non-hydrogen) atoms. The lowest BCUT2D eigenvalue weighted by Gasteiger charge is -2.29.